The van der Waals surface area contributed by atoms with E-state index < -0.39 is 5.97 Å². The third-order valence-corrected chi connectivity index (χ3v) is 8.02. The van der Waals surface area contributed by atoms with Crippen LogP contribution in [0, 0.1) is 0 Å². The van der Waals surface area contributed by atoms with Crippen LogP contribution in [0.5, 0.6) is 11.5 Å². The van der Waals surface area contributed by atoms with Crippen molar-refractivity contribution in [3.8, 4) is 11.5 Å². The Morgan fingerprint density at radius 3 is 2.81 bits per heavy atom. The quantitative estimate of drug-likeness (QED) is 0.193. The number of carbonyl (C=O) groups is 1. The number of carboxylic acids is 1. The van der Waals surface area contributed by atoms with Gasteiger partial charge in [0.05, 0.1) is 52.4 Å². The molecule has 1 atom stereocenters. The molecule has 0 radical (unpaired) electrons. The topological polar surface area (TPSA) is 108 Å². The third-order valence-electron chi connectivity index (χ3n) is 7.49. The Bertz CT molecular complexity index is 1770. The molecule has 1 aliphatic heterocycles. The Morgan fingerprint density at radius 2 is 2.00 bits per heavy atom. The first-order valence-electron chi connectivity index (χ1n) is 14.0. The van der Waals surface area contributed by atoms with Gasteiger partial charge in [0.1, 0.15) is 30.0 Å². The molecule has 222 valence electrons. The zero-order valence-electron chi connectivity index (χ0n) is 23.5. The van der Waals surface area contributed by atoms with Crippen LogP contribution in [0.1, 0.15) is 40.9 Å². The first-order chi connectivity index (χ1) is 20.9. The van der Waals surface area contributed by atoms with Gasteiger partial charge in [0.2, 0.25) is 0 Å². The molecule has 6 rings (SSSR count). The van der Waals surface area contributed by atoms with E-state index in [-0.39, 0.29) is 18.3 Å². The maximum Gasteiger partial charge on any atom is 0.335 e. The fraction of sp³-hybridized carbons (Fsp3) is 0.290. The number of pyridine rings is 1. The van der Waals surface area contributed by atoms with Crippen molar-refractivity contribution in [1.29, 1.82) is 0 Å². The highest BCUT2D eigenvalue weighted by molar-refractivity contribution is 6.35. The maximum atomic E-state index is 11.7. The van der Waals surface area contributed by atoms with Gasteiger partial charge in [-0.25, -0.2) is 14.8 Å². The molecule has 1 aliphatic rings. The summed E-state index contributed by atoms with van der Waals surface area (Å²) in [5.41, 5.74) is 3.54. The van der Waals surface area contributed by atoms with E-state index in [1.54, 1.807) is 42.6 Å². The van der Waals surface area contributed by atoms with Crippen molar-refractivity contribution in [3.63, 3.8) is 0 Å². The summed E-state index contributed by atoms with van der Waals surface area (Å²) in [5.74, 6) is 1.17. The molecule has 4 heterocycles. The lowest BCUT2D eigenvalue weighted by atomic mass is 10.2. The van der Waals surface area contributed by atoms with Gasteiger partial charge in [0.15, 0.2) is 0 Å². The zero-order chi connectivity index (χ0) is 29.9. The molecule has 0 amide bonds. The van der Waals surface area contributed by atoms with Gasteiger partial charge in [0.25, 0.3) is 0 Å². The van der Waals surface area contributed by atoms with Crippen LogP contribution >= 0.6 is 23.2 Å². The molecule has 43 heavy (non-hydrogen) atoms. The highest BCUT2D eigenvalue weighted by atomic mass is 35.5. The molecule has 0 saturated carbocycles. The molecule has 10 nitrogen and oxygen atoms in total. The number of nitrogens with zero attached hydrogens (tertiary/aromatic N) is 6. The van der Waals surface area contributed by atoms with E-state index >= 15 is 0 Å². The van der Waals surface area contributed by atoms with Gasteiger partial charge in [-0.1, -0.05) is 23.2 Å². The molecule has 0 bridgehead atoms. The summed E-state index contributed by atoms with van der Waals surface area (Å²) in [4.78, 5) is 27.6. The number of halogens is 2. The van der Waals surface area contributed by atoms with Crippen LogP contribution in [0.2, 0.25) is 10.0 Å². The summed E-state index contributed by atoms with van der Waals surface area (Å²) >= 11 is 12.2. The number of imidazole rings is 2. The molecule has 5 aromatic rings. The Morgan fingerprint density at radius 1 is 1.12 bits per heavy atom. The SMILES string of the molecule is CCn1cncc1Cn1c(CN2CC[C@@H](Oc3ccnc(COc4ccc(Cl)cc4Cl)c3)C2)nc2ccc(C(=O)O)cc21. The molecule has 1 fully saturated rings. The van der Waals surface area contributed by atoms with Crippen molar-refractivity contribution in [1.82, 2.24) is 29.0 Å². The summed E-state index contributed by atoms with van der Waals surface area (Å²) in [7, 11) is 0. The van der Waals surface area contributed by atoms with Crippen molar-refractivity contribution in [2.75, 3.05) is 13.1 Å². The van der Waals surface area contributed by atoms with Gasteiger partial charge in [-0.15, -0.1) is 0 Å². The molecule has 3 aromatic heterocycles. The van der Waals surface area contributed by atoms with Gasteiger partial charge < -0.3 is 23.7 Å². The number of rotatable bonds is 11. The largest absolute Gasteiger partial charge is 0.489 e. The van der Waals surface area contributed by atoms with Crippen molar-refractivity contribution in [2.24, 2.45) is 0 Å². The first kappa shape index (κ1) is 29.0. The second-order valence-electron chi connectivity index (χ2n) is 10.4. The maximum absolute atomic E-state index is 11.7. The number of aromatic carboxylic acids is 1. The van der Waals surface area contributed by atoms with E-state index in [2.05, 4.69) is 30.9 Å². The van der Waals surface area contributed by atoms with E-state index in [1.165, 1.54) is 0 Å². The molecule has 0 aliphatic carbocycles. The van der Waals surface area contributed by atoms with Gasteiger partial charge in [-0.05, 0) is 55.8 Å². The molecule has 1 N–H and O–H groups in total. The van der Waals surface area contributed by atoms with Gasteiger partial charge >= 0.3 is 5.97 Å². The van der Waals surface area contributed by atoms with E-state index in [0.717, 1.165) is 60.1 Å². The number of aromatic nitrogens is 5. The number of likely N-dealkylation sites (tertiary alicyclic amines) is 1. The van der Waals surface area contributed by atoms with E-state index in [0.29, 0.717) is 28.9 Å². The predicted molar refractivity (Wildman–Crippen MR) is 163 cm³/mol. The summed E-state index contributed by atoms with van der Waals surface area (Å²) in [6.45, 7) is 5.82. The van der Waals surface area contributed by atoms with Crippen LogP contribution in [-0.4, -0.2) is 59.3 Å². The highest BCUT2D eigenvalue weighted by Gasteiger charge is 2.26. The Kier molecular flexibility index (Phi) is 8.51. The summed E-state index contributed by atoms with van der Waals surface area (Å²) in [5, 5.41) is 10.6. The number of carboxylic acid groups (broad SMARTS) is 1. The lowest BCUT2D eigenvalue weighted by Crippen LogP contribution is -2.26. The number of aryl methyl sites for hydroxylation is 1. The number of fused-ring (bicyclic) bond motifs is 1. The van der Waals surface area contributed by atoms with Crippen molar-refractivity contribution >= 4 is 40.2 Å². The van der Waals surface area contributed by atoms with Crippen LogP contribution < -0.4 is 9.47 Å². The average molecular weight is 622 g/mol. The van der Waals surface area contributed by atoms with Gasteiger partial charge in [-0.2, -0.15) is 0 Å². The average Bonchev–Trinajstić information content (AvgIpc) is 3.72. The third kappa shape index (κ3) is 6.61. The monoisotopic (exact) mass is 620 g/mol. The summed E-state index contributed by atoms with van der Waals surface area (Å²) in [6.07, 6.45) is 6.22. The molecular formula is C31H30Cl2N6O4. The van der Waals surface area contributed by atoms with Crippen molar-refractivity contribution < 1.29 is 19.4 Å². The van der Waals surface area contributed by atoms with E-state index in [9.17, 15) is 9.90 Å². The van der Waals surface area contributed by atoms with E-state index in [4.69, 9.17) is 37.7 Å². The van der Waals surface area contributed by atoms with Crippen LogP contribution in [0.15, 0.2) is 67.3 Å². The van der Waals surface area contributed by atoms with Crippen molar-refractivity contribution in [3.05, 3.63) is 100 Å². The Labute approximate surface area is 258 Å². The Balaban J connectivity index is 1.14. The standard InChI is InChI=1S/C31H30Cl2N6O4/c1-2-38-19-34-14-23(38)15-39-28-11-20(31(40)41)3-5-27(28)36-30(39)17-37-10-8-25(16-37)43-24-7-9-35-22(13-24)18-42-29-6-4-21(32)12-26(29)33/h3-7,9,11-14,19,25H,2,8,10,15-18H2,1H3,(H,40,41)/t25-/m1/s1. The van der Waals surface area contributed by atoms with Gasteiger partial charge in [0, 0.05) is 43.1 Å². The summed E-state index contributed by atoms with van der Waals surface area (Å²) < 4.78 is 16.3. The number of hydrogen-bond donors (Lipinski definition) is 1. The van der Waals surface area contributed by atoms with E-state index in [1.807, 2.05) is 24.7 Å². The molecule has 0 spiro atoms. The second-order valence-corrected chi connectivity index (χ2v) is 11.2. The molecule has 1 saturated heterocycles. The van der Waals surface area contributed by atoms with Crippen LogP contribution in [0.3, 0.4) is 0 Å². The molecule has 12 heteroatoms. The fourth-order valence-corrected chi connectivity index (χ4v) is 5.77. The minimum atomic E-state index is -0.964. The zero-order valence-corrected chi connectivity index (χ0v) is 25.0. The normalized spacial score (nSPS) is 15.3. The number of hydrogen-bond acceptors (Lipinski definition) is 7. The molecule has 0 unspecified atom stereocenters. The van der Waals surface area contributed by atoms with Crippen LogP contribution in [0.4, 0.5) is 0 Å². The van der Waals surface area contributed by atoms with Crippen LogP contribution in [0.25, 0.3) is 11.0 Å². The second kappa shape index (κ2) is 12.6. The first-order valence-corrected chi connectivity index (χ1v) is 14.7. The minimum absolute atomic E-state index is 0.000146. The van der Waals surface area contributed by atoms with Crippen molar-refractivity contribution in [2.45, 2.75) is 45.7 Å². The number of benzene rings is 2. The number of ether oxygens (including phenoxy) is 2. The smallest absolute Gasteiger partial charge is 0.335 e. The fourth-order valence-electron chi connectivity index (χ4n) is 5.31. The summed E-state index contributed by atoms with van der Waals surface area (Å²) in [6, 6.07) is 13.9. The predicted octanol–water partition coefficient (Wildman–Crippen LogP) is 5.93. The Hall–Kier alpha value is -4.12. The minimum Gasteiger partial charge on any atom is -0.489 e. The van der Waals surface area contributed by atoms with Crippen LogP contribution in [-0.2, 0) is 26.2 Å². The molecule has 2 aromatic carbocycles. The highest BCUT2D eigenvalue weighted by Crippen LogP contribution is 2.29. The van der Waals surface area contributed by atoms with Gasteiger partial charge in [-0.3, -0.25) is 9.88 Å². The lowest BCUT2D eigenvalue weighted by molar-refractivity contribution is 0.0697. The lowest BCUT2D eigenvalue weighted by Gasteiger charge is -2.18. The molecular weight excluding hydrogens is 591 g/mol.